The predicted molar refractivity (Wildman–Crippen MR) is 77.1 cm³/mol. The van der Waals surface area contributed by atoms with Crippen LogP contribution in [0.5, 0.6) is 5.75 Å². The molecule has 2 aromatic carbocycles. The highest BCUT2D eigenvalue weighted by atomic mass is 16.5. The van der Waals surface area contributed by atoms with Gasteiger partial charge in [-0.05, 0) is 30.7 Å². The SMILES string of the molecule is Cc1ccc(COc2ccccc2/C=C/C=O)cc1. The molecule has 2 rings (SSSR count). The molecule has 0 N–H and O–H groups in total. The Balaban J connectivity index is 2.08. The van der Waals surface area contributed by atoms with Gasteiger partial charge in [0.15, 0.2) is 0 Å². The van der Waals surface area contributed by atoms with E-state index >= 15 is 0 Å². The third-order valence-electron chi connectivity index (χ3n) is 2.79. The molecule has 0 heterocycles. The van der Waals surface area contributed by atoms with Crippen LogP contribution < -0.4 is 4.74 Å². The fourth-order valence-corrected chi connectivity index (χ4v) is 1.74. The molecular weight excluding hydrogens is 236 g/mol. The van der Waals surface area contributed by atoms with Gasteiger partial charge in [0.2, 0.25) is 0 Å². The summed E-state index contributed by atoms with van der Waals surface area (Å²) in [5.74, 6) is 0.779. The van der Waals surface area contributed by atoms with Crippen molar-refractivity contribution in [2.45, 2.75) is 13.5 Å². The summed E-state index contributed by atoms with van der Waals surface area (Å²) in [6.07, 6.45) is 3.97. The van der Waals surface area contributed by atoms with Crippen LogP contribution in [0.4, 0.5) is 0 Å². The maximum atomic E-state index is 10.4. The maximum Gasteiger partial charge on any atom is 0.142 e. The number of hydrogen-bond acceptors (Lipinski definition) is 2. The Morgan fingerprint density at radius 1 is 1.05 bits per heavy atom. The van der Waals surface area contributed by atoms with Gasteiger partial charge in [0.1, 0.15) is 18.6 Å². The number of carbonyl (C=O) groups is 1. The number of rotatable bonds is 5. The van der Waals surface area contributed by atoms with E-state index in [-0.39, 0.29) is 0 Å². The first-order valence-electron chi connectivity index (χ1n) is 6.19. The molecule has 0 bridgehead atoms. The quantitative estimate of drug-likeness (QED) is 0.598. The zero-order valence-electron chi connectivity index (χ0n) is 10.9. The van der Waals surface area contributed by atoms with Crippen molar-refractivity contribution in [3.05, 3.63) is 71.3 Å². The third kappa shape index (κ3) is 3.81. The molecule has 2 nitrogen and oxygen atoms in total. The van der Waals surface area contributed by atoms with Crippen molar-refractivity contribution in [3.8, 4) is 5.75 Å². The highest BCUT2D eigenvalue weighted by Crippen LogP contribution is 2.20. The highest BCUT2D eigenvalue weighted by Gasteiger charge is 2.00. The molecule has 0 aliphatic heterocycles. The lowest BCUT2D eigenvalue weighted by Crippen LogP contribution is -1.96. The summed E-state index contributed by atoms with van der Waals surface area (Å²) in [6, 6.07) is 15.9. The van der Waals surface area contributed by atoms with Crippen LogP contribution in [0.15, 0.2) is 54.6 Å². The Bertz CT molecular complexity index is 568. The second-order valence-electron chi connectivity index (χ2n) is 4.31. The van der Waals surface area contributed by atoms with E-state index in [4.69, 9.17) is 4.74 Å². The molecule has 0 aliphatic carbocycles. The topological polar surface area (TPSA) is 26.3 Å². The predicted octanol–water partition coefficient (Wildman–Crippen LogP) is 3.79. The number of carbonyl (C=O) groups excluding carboxylic acids is 1. The molecule has 0 saturated carbocycles. The maximum absolute atomic E-state index is 10.4. The molecule has 0 unspecified atom stereocenters. The van der Waals surface area contributed by atoms with Gasteiger partial charge < -0.3 is 4.74 Å². The second-order valence-corrected chi connectivity index (χ2v) is 4.31. The number of benzene rings is 2. The van der Waals surface area contributed by atoms with Crippen LogP contribution in [0.25, 0.3) is 6.08 Å². The fourth-order valence-electron chi connectivity index (χ4n) is 1.74. The normalized spacial score (nSPS) is 10.6. The number of para-hydroxylation sites is 1. The van der Waals surface area contributed by atoms with Crippen LogP contribution in [0.3, 0.4) is 0 Å². The summed E-state index contributed by atoms with van der Waals surface area (Å²) in [7, 11) is 0. The first kappa shape index (κ1) is 13.1. The van der Waals surface area contributed by atoms with Crippen molar-refractivity contribution in [1.29, 1.82) is 0 Å². The van der Waals surface area contributed by atoms with E-state index in [0.717, 1.165) is 23.2 Å². The van der Waals surface area contributed by atoms with E-state index in [1.54, 1.807) is 6.08 Å². The number of aldehydes is 1. The average Bonchev–Trinajstić information content (AvgIpc) is 2.45. The van der Waals surface area contributed by atoms with Gasteiger partial charge in [0.05, 0.1) is 0 Å². The molecule has 96 valence electrons. The van der Waals surface area contributed by atoms with E-state index in [9.17, 15) is 4.79 Å². The Morgan fingerprint density at radius 3 is 2.53 bits per heavy atom. The lowest BCUT2D eigenvalue weighted by molar-refractivity contribution is -0.104. The zero-order chi connectivity index (χ0) is 13.5. The van der Waals surface area contributed by atoms with Gasteiger partial charge in [-0.25, -0.2) is 0 Å². The van der Waals surface area contributed by atoms with Crippen molar-refractivity contribution in [1.82, 2.24) is 0 Å². The van der Waals surface area contributed by atoms with Crippen molar-refractivity contribution in [2.24, 2.45) is 0 Å². The van der Waals surface area contributed by atoms with Crippen molar-refractivity contribution < 1.29 is 9.53 Å². The molecule has 0 aromatic heterocycles. The second kappa shape index (κ2) is 6.55. The van der Waals surface area contributed by atoms with Crippen LogP contribution in [0.2, 0.25) is 0 Å². The largest absolute Gasteiger partial charge is 0.488 e. The number of hydrogen-bond donors (Lipinski definition) is 0. The summed E-state index contributed by atoms with van der Waals surface area (Å²) in [6.45, 7) is 2.58. The number of aryl methyl sites for hydroxylation is 1. The van der Waals surface area contributed by atoms with E-state index in [1.165, 1.54) is 11.6 Å². The lowest BCUT2D eigenvalue weighted by atomic mass is 10.1. The molecule has 0 amide bonds. The standard InChI is InChI=1S/C17H16O2/c1-14-8-10-15(11-9-14)13-19-17-7-3-2-5-16(17)6-4-12-18/h2-12H,13H2,1H3/b6-4+. The molecule has 0 fully saturated rings. The van der Waals surface area contributed by atoms with Crippen molar-refractivity contribution in [3.63, 3.8) is 0 Å². The summed E-state index contributed by atoms with van der Waals surface area (Å²) in [4.78, 5) is 10.4. The molecular formula is C17H16O2. The number of allylic oxidation sites excluding steroid dienone is 1. The molecule has 0 spiro atoms. The smallest absolute Gasteiger partial charge is 0.142 e. The van der Waals surface area contributed by atoms with E-state index < -0.39 is 0 Å². The van der Waals surface area contributed by atoms with Crippen LogP contribution in [-0.2, 0) is 11.4 Å². The van der Waals surface area contributed by atoms with E-state index in [0.29, 0.717) is 6.61 Å². The van der Waals surface area contributed by atoms with Crippen LogP contribution in [-0.4, -0.2) is 6.29 Å². The van der Waals surface area contributed by atoms with Crippen LogP contribution in [0, 0.1) is 6.92 Å². The summed E-state index contributed by atoms with van der Waals surface area (Å²) in [5.41, 5.74) is 3.26. The van der Waals surface area contributed by atoms with E-state index in [2.05, 4.69) is 31.2 Å². The minimum atomic E-state index is 0.520. The van der Waals surface area contributed by atoms with Crippen molar-refractivity contribution >= 4 is 12.4 Å². The minimum absolute atomic E-state index is 0.520. The minimum Gasteiger partial charge on any atom is -0.488 e. The third-order valence-corrected chi connectivity index (χ3v) is 2.79. The molecule has 19 heavy (non-hydrogen) atoms. The summed E-state index contributed by atoms with van der Waals surface area (Å²) >= 11 is 0. The Labute approximate surface area is 113 Å². The average molecular weight is 252 g/mol. The van der Waals surface area contributed by atoms with Gasteiger partial charge in [-0.3, -0.25) is 4.79 Å². The molecule has 2 heteroatoms. The molecule has 0 atom stereocenters. The van der Waals surface area contributed by atoms with Crippen molar-refractivity contribution in [2.75, 3.05) is 0 Å². The van der Waals surface area contributed by atoms with Crippen LogP contribution in [0.1, 0.15) is 16.7 Å². The zero-order valence-corrected chi connectivity index (χ0v) is 10.9. The summed E-state index contributed by atoms with van der Waals surface area (Å²) in [5, 5.41) is 0. The van der Waals surface area contributed by atoms with Gasteiger partial charge in [0, 0.05) is 5.56 Å². The Morgan fingerprint density at radius 2 is 1.79 bits per heavy atom. The summed E-state index contributed by atoms with van der Waals surface area (Å²) < 4.78 is 5.79. The van der Waals surface area contributed by atoms with Gasteiger partial charge in [-0.2, -0.15) is 0 Å². The highest BCUT2D eigenvalue weighted by molar-refractivity contribution is 5.75. The lowest BCUT2D eigenvalue weighted by Gasteiger charge is -2.09. The Hall–Kier alpha value is -2.35. The molecule has 0 saturated heterocycles. The van der Waals surface area contributed by atoms with Gasteiger partial charge >= 0.3 is 0 Å². The van der Waals surface area contributed by atoms with Gasteiger partial charge in [0.25, 0.3) is 0 Å². The molecule has 2 aromatic rings. The molecule has 0 radical (unpaired) electrons. The first-order valence-corrected chi connectivity index (χ1v) is 6.19. The first-order chi connectivity index (χ1) is 9.29. The van der Waals surface area contributed by atoms with E-state index in [1.807, 2.05) is 24.3 Å². The monoisotopic (exact) mass is 252 g/mol. The van der Waals surface area contributed by atoms with Crippen LogP contribution >= 0.6 is 0 Å². The van der Waals surface area contributed by atoms with Gasteiger partial charge in [-0.1, -0.05) is 48.0 Å². The fraction of sp³-hybridized carbons (Fsp3) is 0.118. The molecule has 0 aliphatic rings. The Kier molecular flexibility index (Phi) is 4.51. The van der Waals surface area contributed by atoms with Gasteiger partial charge in [-0.15, -0.1) is 0 Å². The number of ether oxygens (including phenoxy) is 1.